The summed E-state index contributed by atoms with van der Waals surface area (Å²) in [5.41, 5.74) is -4.09. The number of Topliss-reactive ketones (excluding diaryl/α,β-unsaturated/α-hetero) is 1. The highest BCUT2D eigenvalue weighted by Crippen LogP contribution is 2.65. The topological polar surface area (TPSA) is 91.8 Å². The number of phenols is 1. The lowest BCUT2D eigenvalue weighted by atomic mass is 9.44. The number of carbonyl (C=O) groups is 4. The number of allylic oxidation sites excluding steroid dienone is 4. The molecule has 9 rings (SSSR count). The Hall–Kier alpha value is -6.30. The van der Waals surface area contributed by atoms with E-state index in [1.165, 1.54) is 12.1 Å². The molecule has 0 radical (unpaired) electrons. The van der Waals surface area contributed by atoms with Gasteiger partial charge in [0.25, 0.3) is 0 Å². The number of amides is 2. The average molecular weight is 792 g/mol. The van der Waals surface area contributed by atoms with Gasteiger partial charge < -0.3 is 5.11 Å². The van der Waals surface area contributed by atoms with Crippen LogP contribution in [0.1, 0.15) is 46.6 Å². The zero-order chi connectivity index (χ0) is 40.9. The van der Waals surface area contributed by atoms with Crippen LogP contribution in [0.5, 0.6) is 5.75 Å². The van der Waals surface area contributed by atoms with E-state index in [0.29, 0.717) is 50.1 Å². The van der Waals surface area contributed by atoms with Crippen LogP contribution in [0.15, 0.2) is 133 Å². The van der Waals surface area contributed by atoms with Gasteiger partial charge >= 0.3 is 12.4 Å². The molecule has 0 unspecified atom stereocenters. The standard InChI is InChI=1S/C46H31F6NO5/c47-45(48,49)27-19-28(46(50,51)52)21-29(20-27)53-42(57)32-17-16-31-34(38(32)43(53)58)22-35-41(56)33(24-9-3-1-4-10-24)23-37(55)44(35,26-12-5-2-6-13-26)40(31)39-30-14-8-7-11-25(30)15-18-36(39)54/h1-16,18-21,23,32,34-35,38,40,54H,17,22H2/t32-,34+,35-,38-,40+,44-/m0/s1. The van der Waals surface area contributed by atoms with Gasteiger partial charge in [0.15, 0.2) is 11.6 Å². The van der Waals surface area contributed by atoms with E-state index >= 15 is 9.59 Å². The molecule has 2 fully saturated rings. The highest BCUT2D eigenvalue weighted by atomic mass is 19.4. The number of hydrogen-bond acceptors (Lipinski definition) is 5. The largest absolute Gasteiger partial charge is 0.508 e. The first-order valence-electron chi connectivity index (χ1n) is 18.6. The molecule has 3 aliphatic carbocycles. The minimum atomic E-state index is -5.24. The summed E-state index contributed by atoms with van der Waals surface area (Å²) in [6.07, 6.45) is -7.75. The van der Waals surface area contributed by atoms with Crippen LogP contribution in [0.2, 0.25) is 0 Å². The number of nitrogens with zero attached hydrogens (tertiary/aromatic N) is 1. The summed E-state index contributed by atoms with van der Waals surface area (Å²) in [6.45, 7) is 0. The van der Waals surface area contributed by atoms with Crippen molar-refractivity contribution in [3.05, 3.63) is 161 Å². The third-order valence-corrected chi connectivity index (χ3v) is 12.4. The second-order valence-corrected chi connectivity index (χ2v) is 15.3. The summed E-state index contributed by atoms with van der Waals surface area (Å²) < 4.78 is 83.9. The third-order valence-electron chi connectivity index (χ3n) is 12.4. The highest BCUT2D eigenvalue weighted by molar-refractivity contribution is 6.32. The molecular weight excluding hydrogens is 760 g/mol. The zero-order valence-corrected chi connectivity index (χ0v) is 30.2. The summed E-state index contributed by atoms with van der Waals surface area (Å²) in [4.78, 5) is 59.8. The second kappa shape index (κ2) is 13.1. The first kappa shape index (κ1) is 37.3. The summed E-state index contributed by atoms with van der Waals surface area (Å²) in [6, 6.07) is 28.2. The van der Waals surface area contributed by atoms with Gasteiger partial charge in [-0.1, -0.05) is 103 Å². The molecule has 0 bridgehead atoms. The molecule has 1 saturated heterocycles. The summed E-state index contributed by atoms with van der Waals surface area (Å²) in [7, 11) is 0. The van der Waals surface area contributed by atoms with Crippen LogP contribution in [0.4, 0.5) is 32.0 Å². The molecule has 1 N–H and O–H groups in total. The van der Waals surface area contributed by atoms with Crippen molar-refractivity contribution in [1.29, 1.82) is 0 Å². The Balaban J connectivity index is 1.28. The van der Waals surface area contributed by atoms with Crippen LogP contribution in [0.3, 0.4) is 0 Å². The van der Waals surface area contributed by atoms with Gasteiger partial charge in [-0.15, -0.1) is 0 Å². The van der Waals surface area contributed by atoms with Crippen molar-refractivity contribution in [3.8, 4) is 5.75 Å². The first-order valence-corrected chi connectivity index (χ1v) is 18.6. The molecule has 0 spiro atoms. The minimum absolute atomic E-state index is 0.0731. The molecule has 292 valence electrons. The van der Waals surface area contributed by atoms with Crippen molar-refractivity contribution in [1.82, 2.24) is 0 Å². The lowest BCUT2D eigenvalue weighted by molar-refractivity contribution is -0.143. The molecule has 6 atom stereocenters. The number of ketones is 2. The number of phenolic OH excluding ortho intramolecular Hbond substituents is 1. The number of halogens is 6. The van der Waals surface area contributed by atoms with E-state index in [4.69, 9.17) is 0 Å². The third kappa shape index (κ3) is 5.48. The average Bonchev–Trinajstić information content (AvgIpc) is 3.47. The van der Waals surface area contributed by atoms with Gasteiger partial charge in [0, 0.05) is 23.0 Å². The number of aromatic hydroxyl groups is 1. The lowest BCUT2D eigenvalue weighted by Crippen LogP contribution is -2.58. The lowest BCUT2D eigenvalue weighted by Gasteiger charge is -2.55. The van der Waals surface area contributed by atoms with Crippen LogP contribution in [-0.2, 0) is 36.9 Å². The van der Waals surface area contributed by atoms with Crippen LogP contribution >= 0.6 is 0 Å². The number of imide groups is 1. The Morgan fingerprint density at radius 1 is 0.690 bits per heavy atom. The number of rotatable bonds is 4. The van der Waals surface area contributed by atoms with Crippen LogP contribution in [-0.4, -0.2) is 28.5 Å². The molecular formula is C46H31F6NO5. The van der Waals surface area contributed by atoms with E-state index in [0.717, 1.165) is 0 Å². The fourth-order valence-corrected chi connectivity index (χ4v) is 10.1. The minimum Gasteiger partial charge on any atom is -0.508 e. The molecule has 12 heteroatoms. The molecule has 6 nitrogen and oxygen atoms in total. The molecule has 2 amide bonds. The van der Waals surface area contributed by atoms with Gasteiger partial charge in [-0.25, -0.2) is 4.90 Å². The number of anilines is 1. The fraction of sp³-hybridized carbons (Fsp3) is 0.217. The van der Waals surface area contributed by atoms with Gasteiger partial charge in [-0.05, 0) is 71.0 Å². The number of fused-ring (bicyclic) bond motifs is 5. The van der Waals surface area contributed by atoms with Gasteiger partial charge in [-0.3, -0.25) is 19.2 Å². The summed E-state index contributed by atoms with van der Waals surface area (Å²) >= 11 is 0. The van der Waals surface area contributed by atoms with E-state index in [-0.39, 0.29) is 30.2 Å². The molecule has 1 saturated carbocycles. The van der Waals surface area contributed by atoms with Gasteiger partial charge in [0.2, 0.25) is 11.8 Å². The van der Waals surface area contributed by atoms with Crippen molar-refractivity contribution in [2.45, 2.75) is 36.5 Å². The van der Waals surface area contributed by atoms with Crippen molar-refractivity contribution in [2.24, 2.45) is 23.7 Å². The Morgan fingerprint density at radius 2 is 1.31 bits per heavy atom. The Labute approximate surface area is 327 Å². The van der Waals surface area contributed by atoms with E-state index in [2.05, 4.69) is 0 Å². The number of alkyl halides is 6. The fourth-order valence-electron chi connectivity index (χ4n) is 10.1. The first-order chi connectivity index (χ1) is 27.6. The number of carbonyl (C=O) groups excluding carboxylic acids is 4. The van der Waals surface area contributed by atoms with Gasteiger partial charge in [0.05, 0.1) is 34.1 Å². The van der Waals surface area contributed by atoms with Crippen LogP contribution in [0, 0.1) is 23.7 Å². The van der Waals surface area contributed by atoms with E-state index < -0.39 is 87.6 Å². The number of hydrogen-bond donors (Lipinski definition) is 1. The Bertz CT molecular complexity index is 2600. The Kier molecular flexibility index (Phi) is 8.43. The molecule has 4 aliphatic rings. The molecule has 1 heterocycles. The monoisotopic (exact) mass is 791 g/mol. The van der Waals surface area contributed by atoms with E-state index in [1.807, 2.05) is 6.07 Å². The van der Waals surface area contributed by atoms with Crippen molar-refractivity contribution in [3.63, 3.8) is 0 Å². The summed E-state index contributed by atoms with van der Waals surface area (Å²) in [5.74, 6) is -8.87. The maximum atomic E-state index is 15.3. The van der Waals surface area contributed by atoms with Gasteiger partial charge in [0.1, 0.15) is 5.75 Å². The SMILES string of the molecule is O=C1C(c2ccccc2)=CC(=O)[C@@]2(c3ccccc3)[C@@H](c3c(O)ccc4ccccc34)C3=CC[C@@H]4C(=O)N(c5cc(C(F)(F)F)cc(C(F)(F)F)c5)C(=O)[C@@H]4[C@@H]3C[C@@H]12. The summed E-state index contributed by atoms with van der Waals surface area (Å²) in [5, 5.41) is 13.1. The predicted molar refractivity (Wildman–Crippen MR) is 201 cm³/mol. The molecule has 5 aromatic rings. The zero-order valence-electron chi connectivity index (χ0n) is 30.2. The molecule has 5 aromatic carbocycles. The van der Waals surface area contributed by atoms with Crippen LogP contribution < -0.4 is 4.90 Å². The normalized spacial score (nSPS) is 25.9. The van der Waals surface area contributed by atoms with Crippen molar-refractivity contribution >= 4 is 45.4 Å². The molecule has 58 heavy (non-hydrogen) atoms. The molecule has 0 aromatic heterocycles. The van der Waals surface area contributed by atoms with Crippen molar-refractivity contribution < 1.29 is 50.6 Å². The van der Waals surface area contributed by atoms with Crippen LogP contribution in [0.25, 0.3) is 16.3 Å². The molecule has 1 aliphatic heterocycles. The Morgan fingerprint density at radius 3 is 1.97 bits per heavy atom. The number of benzene rings is 5. The smallest absolute Gasteiger partial charge is 0.416 e. The predicted octanol–water partition coefficient (Wildman–Crippen LogP) is 9.61. The van der Waals surface area contributed by atoms with E-state index in [1.54, 1.807) is 91.0 Å². The van der Waals surface area contributed by atoms with Gasteiger partial charge in [-0.2, -0.15) is 26.3 Å². The van der Waals surface area contributed by atoms with E-state index in [9.17, 15) is 41.0 Å². The second-order valence-electron chi connectivity index (χ2n) is 15.3. The maximum Gasteiger partial charge on any atom is 0.416 e. The van der Waals surface area contributed by atoms with Crippen molar-refractivity contribution in [2.75, 3.05) is 4.90 Å². The quantitative estimate of drug-likeness (QED) is 0.111. The highest BCUT2D eigenvalue weighted by Gasteiger charge is 2.66. The maximum absolute atomic E-state index is 15.3.